The molecule has 1 fully saturated rings. The van der Waals surface area contributed by atoms with Crippen molar-refractivity contribution in [3.05, 3.63) is 39.9 Å². The summed E-state index contributed by atoms with van der Waals surface area (Å²) in [5.74, 6) is -1.10. The molecule has 0 bridgehead atoms. The van der Waals surface area contributed by atoms with Gasteiger partial charge in [0.2, 0.25) is 5.91 Å². The first-order chi connectivity index (χ1) is 12.4. The van der Waals surface area contributed by atoms with E-state index in [2.05, 4.69) is 9.69 Å². The number of amides is 4. The number of carbonyl (C=O) groups is 3. The zero-order chi connectivity index (χ0) is 18.8. The number of benzene rings is 1. The van der Waals surface area contributed by atoms with E-state index in [-0.39, 0.29) is 27.9 Å². The van der Waals surface area contributed by atoms with Crippen LogP contribution in [0.3, 0.4) is 0 Å². The van der Waals surface area contributed by atoms with E-state index in [4.69, 9.17) is 5.73 Å². The normalized spacial score (nSPS) is 13.7. The van der Waals surface area contributed by atoms with Gasteiger partial charge in [0.05, 0.1) is 10.6 Å². The van der Waals surface area contributed by atoms with Crippen molar-refractivity contribution in [2.45, 2.75) is 12.8 Å². The molecular weight excluding hydrogens is 362 g/mol. The molecule has 11 heteroatoms. The van der Waals surface area contributed by atoms with Crippen LogP contribution in [-0.2, 0) is 4.79 Å². The Hall–Kier alpha value is -3.34. The van der Waals surface area contributed by atoms with Crippen molar-refractivity contribution >= 4 is 40.1 Å². The average molecular weight is 375 g/mol. The van der Waals surface area contributed by atoms with E-state index in [1.807, 2.05) is 0 Å². The topological polar surface area (TPSA) is 149 Å². The molecular formula is C15H13N5O5S. The number of non-ortho nitro benzene ring substituents is 1. The summed E-state index contributed by atoms with van der Waals surface area (Å²) in [6.07, 6.45) is 0.887. The molecule has 3 N–H and O–H groups in total. The number of aromatic nitrogens is 1. The Morgan fingerprint density at radius 2 is 2.00 bits per heavy atom. The number of carbonyl (C=O) groups excluding carboxylic acids is 3. The highest BCUT2D eigenvalue weighted by molar-refractivity contribution is 7.11. The van der Waals surface area contributed by atoms with Crippen LogP contribution in [0.4, 0.5) is 15.5 Å². The van der Waals surface area contributed by atoms with E-state index in [9.17, 15) is 24.5 Å². The molecule has 1 aliphatic heterocycles. The van der Waals surface area contributed by atoms with Crippen LogP contribution in [0.5, 0.6) is 0 Å². The Balaban J connectivity index is 1.91. The van der Waals surface area contributed by atoms with Crippen LogP contribution in [-0.4, -0.2) is 38.6 Å². The van der Waals surface area contributed by atoms with Crippen molar-refractivity contribution in [2.75, 3.05) is 11.9 Å². The number of hydrogen-bond acceptors (Lipinski definition) is 7. The van der Waals surface area contributed by atoms with Crippen LogP contribution in [0.2, 0.25) is 0 Å². The van der Waals surface area contributed by atoms with Crippen molar-refractivity contribution in [3.63, 3.8) is 0 Å². The molecule has 10 nitrogen and oxygen atoms in total. The zero-order valence-corrected chi connectivity index (χ0v) is 14.1. The standard InChI is InChI=1S/C15H13N5O5S/c16-13(22)11-12(8-3-5-9(6-4-8)20(24)25)18-26-14(11)17-15(23)19-7-1-2-10(19)21/h3-6H,1-2,7H2,(H2,16,22)(H,17,23). The highest BCUT2D eigenvalue weighted by Crippen LogP contribution is 2.33. The number of rotatable bonds is 4. The lowest BCUT2D eigenvalue weighted by molar-refractivity contribution is -0.384. The van der Waals surface area contributed by atoms with Crippen molar-refractivity contribution in [1.82, 2.24) is 9.27 Å². The molecule has 0 aliphatic carbocycles. The van der Waals surface area contributed by atoms with Gasteiger partial charge in [-0.2, -0.15) is 4.37 Å². The van der Waals surface area contributed by atoms with E-state index >= 15 is 0 Å². The zero-order valence-electron chi connectivity index (χ0n) is 13.3. The fraction of sp³-hybridized carbons (Fsp3) is 0.200. The maximum atomic E-state index is 12.2. The van der Waals surface area contributed by atoms with E-state index in [1.54, 1.807) is 0 Å². The molecule has 2 heterocycles. The summed E-state index contributed by atoms with van der Waals surface area (Å²) in [7, 11) is 0. The third kappa shape index (κ3) is 3.24. The lowest BCUT2D eigenvalue weighted by Crippen LogP contribution is -2.35. The second-order valence-corrected chi connectivity index (χ2v) is 6.26. The number of nitro groups is 1. The third-order valence-electron chi connectivity index (χ3n) is 3.83. The first kappa shape index (κ1) is 17.5. The predicted octanol–water partition coefficient (Wildman–Crippen LogP) is 1.97. The Morgan fingerprint density at radius 1 is 1.31 bits per heavy atom. The highest BCUT2D eigenvalue weighted by Gasteiger charge is 2.29. The minimum atomic E-state index is -0.810. The number of likely N-dealkylation sites (tertiary alicyclic amines) is 1. The third-order valence-corrected chi connectivity index (χ3v) is 4.59. The molecule has 1 saturated heterocycles. The van der Waals surface area contributed by atoms with E-state index in [0.717, 1.165) is 16.4 Å². The molecule has 0 spiro atoms. The molecule has 134 valence electrons. The second kappa shape index (κ2) is 6.88. The van der Waals surface area contributed by atoms with E-state index in [1.165, 1.54) is 24.3 Å². The minimum Gasteiger partial charge on any atom is -0.365 e. The van der Waals surface area contributed by atoms with Crippen LogP contribution in [0.15, 0.2) is 24.3 Å². The quantitative estimate of drug-likeness (QED) is 0.616. The van der Waals surface area contributed by atoms with Gasteiger partial charge in [0.25, 0.3) is 11.6 Å². The Morgan fingerprint density at radius 3 is 2.54 bits per heavy atom. The summed E-state index contributed by atoms with van der Waals surface area (Å²) >= 11 is 0.844. The Labute approximate surface area is 150 Å². The van der Waals surface area contributed by atoms with Gasteiger partial charge in [-0.05, 0) is 30.1 Å². The van der Waals surface area contributed by atoms with Crippen LogP contribution < -0.4 is 11.1 Å². The van der Waals surface area contributed by atoms with Crippen LogP contribution in [0.25, 0.3) is 11.3 Å². The fourth-order valence-corrected chi connectivity index (χ4v) is 3.37. The first-order valence-corrected chi connectivity index (χ1v) is 8.31. The Kier molecular flexibility index (Phi) is 4.63. The number of nitrogens with one attached hydrogen (secondary N) is 1. The van der Waals surface area contributed by atoms with Crippen LogP contribution >= 0.6 is 11.5 Å². The fourth-order valence-electron chi connectivity index (χ4n) is 2.57. The number of imide groups is 1. The molecule has 0 unspecified atom stereocenters. The van der Waals surface area contributed by atoms with Gasteiger partial charge in [-0.25, -0.2) is 4.79 Å². The molecule has 4 amide bonds. The number of urea groups is 1. The van der Waals surface area contributed by atoms with Crippen LogP contribution in [0.1, 0.15) is 23.2 Å². The van der Waals surface area contributed by atoms with Gasteiger partial charge in [-0.3, -0.25) is 29.9 Å². The maximum Gasteiger partial charge on any atom is 0.329 e. The molecule has 3 rings (SSSR count). The van der Waals surface area contributed by atoms with Gasteiger partial charge in [0.1, 0.15) is 10.6 Å². The maximum absolute atomic E-state index is 12.2. The van der Waals surface area contributed by atoms with Gasteiger partial charge in [-0.15, -0.1) is 0 Å². The molecule has 26 heavy (non-hydrogen) atoms. The number of hydrogen-bond donors (Lipinski definition) is 2. The summed E-state index contributed by atoms with van der Waals surface area (Å²) in [4.78, 5) is 47.0. The monoisotopic (exact) mass is 375 g/mol. The largest absolute Gasteiger partial charge is 0.365 e. The summed E-state index contributed by atoms with van der Waals surface area (Å²) in [5, 5.41) is 13.4. The van der Waals surface area contributed by atoms with Crippen molar-refractivity contribution < 1.29 is 19.3 Å². The predicted molar refractivity (Wildman–Crippen MR) is 92.7 cm³/mol. The highest BCUT2D eigenvalue weighted by atomic mass is 32.1. The molecule has 1 aliphatic rings. The van der Waals surface area contributed by atoms with Gasteiger partial charge >= 0.3 is 6.03 Å². The number of primary amides is 1. The Bertz CT molecular complexity index is 908. The molecule has 0 radical (unpaired) electrons. The van der Waals surface area contributed by atoms with Gasteiger partial charge in [-0.1, -0.05) is 0 Å². The summed E-state index contributed by atoms with van der Waals surface area (Å²) in [6.45, 7) is 0.310. The molecule has 0 saturated carbocycles. The van der Waals surface area contributed by atoms with E-state index in [0.29, 0.717) is 24.9 Å². The second-order valence-electron chi connectivity index (χ2n) is 5.48. The number of nitro benzene ring substituents is 1. The van der Waals surface area contributed by atoms with Gasteiger partial charge < -0.3 is 5.73 Å². The SMILES string of the molecule is NC(=O)c1c(-c2ccc([N+](=O)[O-])cc2)nsc1NC(=O)N1CCCC1=O. The minimum absolute atomic E-state index is 0.0103. The lowest BCUT2D eigenvalue weighted by Gasteiger charge is -2.14. The average Bonchev–Trinajstić information content (AvgIpc) is 3.21. The first-order valence-electron chi connectivity index (χ1n) is 7.54. The number of nitrogens with zero attached hydrogens (tertiary/aromatic N) is 3. The smallest absolute Gasteiger partial charge is 0.329 e. The molecule has 2 aromatic rings. The summed E-state index contributed by atoms with van der Waals surface area (Å²) in [5.41, 5.74) is 5.95. The molecule has 1 aromatic heterocycles. The van der Waals surface area contributed by atoms with Gasteiger partial charge in [0.15, 0.2) is 0 Å². The van der Waals surface area contributed by atoms with Gasteiger partial charge in [0, 0.05) is 30.7 Å². The summed E-state index contributed by atoms with van der Waals surface area (Å²) < 4.78 is 4.13. The lowest BCUT2D eigenvalue weighted by atomic mass is 10.1. The van der Waals surface area contributed by atoms with Crippen molar-refractivity contribution in [2.24, 2.45) is 5.73 Å². The van der Waals surface area contributed by atoms with Crippen molar-refractivity contribution in [1.29, 1.82) is 0 Å². The van der Waals surface area contributed by atoms with E-state index < -0.39 is 16.9 Å². The van der Waals surface area contributed by atoms with Crippen LogP contribution in [0, 0.1) is 10.1 Å². The molecule has 0 atom stereocenters. The number of anilines is 1. The number of nitrogens with two attached hydrogens (primary N) is 1. The van der Waals surface area contributed by atoms with Crippen molar-refractivity contribution in [3.8, 4) is 11.3 Å². The molecule has 1 aromatic carbocycles. The summed E-state index contributed by atoms with van der Waals surface area (Å²) in [6, 6.07) is 4.79.